The van der Waals surface area contributed by atoms with Crippen molar-refractivity contribution in [2.45, 2.75) is 0 Å². The van der Waals surface area contributed by atoms with Gasteiger partial charge in [-0.2, -0.15) is 0 Å². The van der Waals surface area contributed by atoms with Gasteiger partial charge in [0.15, 0.2) is 0 Å². The van der Waals surface area contributed by atoms with Crippen LogP contribution in [-0.4, -0.2) is 27.8 Å². The topological polar surface area (TPSA) is 120 Å². The Hall–Kier alpha value is -1.53. The van der Waals surface area contributed by atoms with Gasteiger partial charge in [0.1, 0.15) is 0 Å². The van der Waals surface area contributed by atoms with Crippen LogP contribution in [0.1, 0.15) is 0 Å². The van der Waals surface area contributed by atoms with Crippen LogP contribution >= 0.6 is 0 Å². The molecule has 0 unspecified atom stereocenters. The molecule has 0 aromatic rings. The van der Waals surface area contributed by atoms with Crippen molar-refractivity contribution in [2.75, 3.05) is 0 Å². The van der Waals surface area contributed by atoms with Crippen LogP contribution in [0.4, 0.5) is 0 Å². The maximum atomic E-state index is 8.25. The van der Waals surface area contributed by atoms with Gasteiger partial charge in [-0.1, -0.05) is 0 Å². The molecule has 0 rings (SSSR count). The van der Waals surface area contributed by atoms with E-state index in [2.05, 4.69) is 0 Å². The van der Waals surface area contributed by atoms with Crippen molar-refractivity contribution in [2.24, 2.45) is 0 Å². The molecule has 0 spiro atoms. The third-order valence-electron chi connectivity index (χ3n) is 0. The summed E-state index contributed by atoms with van der Waals surface area (Å²) in [7, 11) is 0. The molecule has 7 heteroatoms. The summed E-state index contributed by atoms with van der Waals surface area (Å²) in [5, 5.41) is 24.8. The molecule has 0 atom stereocenters. The monoisotopic (exact) mass is 146 g/mol. The second kappa shape index (κ2) is 144. The first kappa shape index (κ1) is 23.6. The number of hydrogen-bond donors (Lipinski definition) is 0. The molecule has 0 amide bonds. The van der Waals surface area contributed by atoms with Crippen molar-refractivity contribution < 1.29 is 29.7 Å². The van der Waals surface area contributed by atoms with Gasteiger partial charge in [0.25, 0.3) is 0 Å². The van der Waals surface area contributed by atoms with Gasteiger partial charge in [-0.05, 0) is 0 Å². The Kier molecular flexibility index (Phi) is 341. The molecule has 10 heavy (non-hydrogen) atoms. The largest absolute Gasteiger partial charge is 3.00 e. The summed E-state index contributed by atoms with van der Waals surface area (Å²) in [5.41, 5.74) is 0. The fourth-order valence-electron chi connectivity index (χ4n) is 0. The average molecular weight is 146 g/mol. The molecular formula is C3H3BO6. The van der Waals surface area contributed by atoms with Crippen molar-refractivity contribution in [1.29, 1.82) is 0 Å². The minimum absolute atomic E-state index is 0. The molecule has 54 valence electrons. The maximum Gasteiger partial charge on any atom is 3.00 e. The van der Waals surface area contributed by atoms with Crippen LogP contribution in [0.3, 0.4) is 0 Å². The quantitative estimate of drug-likeness (QED) is 0.248. The van der Waals surface area contributed by atoms with Crippen LogP contribution in [0.15, 0.2) is 0 Å². The van der Waals surface area contributed by atoms with E-state index in [0.717, 1.165) is 0 Å². The second-order valence-corrected chi connectivity index (χ2v) is 0.289. The third-order valence-corrected chi connectivity index (χ3v) is 0. The van der Waals surface area contributed by atoms with Crippen LogP contribution in [0.25, 0.3) is 0 Å². The maximum absolute atomic E-state index is 8.25. The van der Waals surface area contributed by atoms with Crippen molar-refractivity contribution in [3.05, 3.63) is 0 Å². The molecule has 0 saturated carbocycles. The van der Waals surface area contributed by atoms with Crippen molar-refractivity contribution in [3.8, 4) is 0 Å². The Morgan fingerprint density at radius 2 is 0.700 bits per heavy atom. The fourth-order valence-corrected chi connectivity index (χ4v) is 0. The van der Waals surface area contributed by atoms with Crippen LogP contribution < -0.4 is 15.3 Å². The molecule has 0 aromatic heterocycles. The molecule has 0 saturated heterocycles. The predicted molar refractivity (Wildman–Crippen MR) is 23.9 cm³/mol. The van der Waals surface area contributed by atoms with E-state index in [1.165, 1.54) is 0 Å². The second-order valence-electron chi connectivity index (χ2n) is 0.289. The minimum Gasteiger partial charge on any atom is -0.554 e. The van der Waals surface area contributed by atoms with Gasteiger partial charge in [0, 0.05) is 19.4 Å². The van der Waals surface area contributed by atoms with E-state index in [4.69, 9.17) is 29.7 Å². The number of hydrogen-bond acceptors (Lipinski definition) is 6. The molecule has 0 aliphatic rings. The Bertz CT molecular complexity index is 49.7. The van der Waals surface area contributed by atoms with E-state index in [0.29, 0.717) is 0 Å². The predicted octanol–water partition coefficient (Wildman–Crippen LogP) is -5.28. The summed E-state index contributed by atoms with van der Waals surface area (Å²) < 4.78 is 0. The van der Waals surface area contributed by atoms with Gasteiger partial charge in [-0.25, -0.2) is 0 Å². The summed E-state index contributed by atoms with van der Waals surface area (Å²) in [6.07, 6.45) is 0. The SMILES string of the molecule is O=C[O-].O=C[O-].O=C[O-].[B+3]. The van der Waals surface area contributed by atoms with Crippen LogP contribution in [0.2, 0.25) is 0 Å². The molecule has 0 aromatic carbocycles. The first-order chi connectivity index (χ1) is 4.24. The van der Waals surface area contributed by atoms with E-state index >= 15 is 0 Å². The van der Waals surface area contributed by atoms with Crippen LogP contribution in [0, 0.1) is 0 Å². The normalized spacial score (nSPS) is 3.60. The van der Waals surface area contributed by atoms with E-state index in [9.17, 15) is 0 Å². The number of carboxylic acid groups (broad SMARTS) is 3. The number of rotatable bonds is 0. The van der Waals surface area contributed by atoms with E-state index in [1.807, 2.05) is 0 Å². The molecule has 0 heterocycles. The van der Waals surface area contributed by atoms with Crippen molar-refractivity contribution in [3.63, 3.8) is 0 Å². The standard InChI is InChI=1S/3CH2O2.B/c3*2-1-3;/h3*1H,(H,2,3);/q;;;+3/p-3. The van der Waals surface area contributed by atoms with E-state index in [-0.39, 0.29) is 8.41 Å². The van der Waals surface area contributed by atoms with E-state index in [1.54, 1.807) is 0 Å². The zero-order valence-electron chi connectivity index (χ0n) is 4.76. The van der Waals surface area contributed by atoms with Gasteiger partial charge < -0.3 is 29.7 Å². The molecule has 0 radical (unpaired) electrons. The third kappa shape index (κ3) is 83.4. The molecular weight excluding hydrogens is 143 g/mol. The zero-order valence-corrected chi connectivity index (χ0v) is 4.76. The molecule has 0 N–H and O–H groups in total. The summed E-state index contributed by atoms with van der Waals surface area (Å²) in [6, 6.07) is 0. The van der Waals surface area contributed by atoms with E-state index < -0.39 is 19.4 Å². The average Bonchev–Trinajstić information content (AvgIpc) is 1.70. The Morgan fingerprint density at radius 3 is 0.700 bits per heavy atom. The van der Waals surface area contributed by atoms with Gasteiger partial charge >= 0.3 is 8.41 Å². The first-order valence-corrected chi connectivity index (χ1v) is 1.41. The minimum atomic E-state index is -0.500. The van der Waals surface area contributed by atoms with Crippen LogP contribution in [-0.2, 0) is 14.4 Å². The molecule has 0 aliphatic carbocycles. The Morgan fingerprint density at radius 1 is 0.700 bits per heavy atom. The molecule has 0 aliphatic heterocycles. The van der Waals surface area contributed by atoms with Crippen LogP contribution in [0.5, 0.6) is 0 Å². The summed E-state index contributed by atoms with van der Waals surface area (Å²) >= 11 is 0. The molecule has 6 nitrogen and oxygen atoms in total. The molecule has 0 fully saturated rings. The molecule has 0 bridgehead atoms. The first-order valence-electron chi connectivity index (χ1n) is 1.41. The smallest absolute Gasteiger partial charge is 0.554 e. The van der Waals surface area contributed by atoms with Gasteiger partial charge in [0.05, 0.1) is 0 Å². The Balaban J connectivity index is -0.0000000257. The zero-order chi connectivity index (χ0) is 8.12. The summed E-state index contributed by atoms with van der Waals surface area (Å²) in [5.74, 6) is 0. The summed E-state index contributed by atoms with van der Waals surface area (Å²) in [4.78, 5) is 24.8. The number of carbonyl (C=O) groups excluding carboxylic acids is 3. The van der Waals surface area contributed by atoms with Gasteiger partial charge in [-0.15, -0.1) is 0 Å². The van der Waals surface area contributed by atoms with Gasteiger partial charge in [0.2, 0.25) is 0 Å². The van der Waals surface area contributed by atoms with Gasteiger partial charge in [-0.3, -0.25) is 0 Å². The Labute approximate surface area is 58.7 Å². The summed E-state index contributed by atoms with van der Waals surface area (Å²) in [6.45, 7) is -1.50. The van der Waals surface area contributed by atoms with Crippen molar-refractivity contribution >= 4 is 27.8 Å². The fraction of sp³-hybridized carbons (Fsp3) is 0. The number of carbonyl (C=O) groups is 3. The van der Waals surface area contributed by atoms with Crippen molar-refractivity contribution in [1.82, 2.24) is 0 Å².